The lowest BCUT2D eigenvalue weighted by atomic mass is 10.2. The van der Waals surface area contributed by atoms with E-state index in [0.717, 1.165) is 36.9 Å². The molecule has 0 bridgehead atoms. The molecule has 2 aliphatic rings. The Bertz CT molecular complexity index is 682. The summed E-state index contributed by atoms with van der Waals surface area (Å²) >= 11 is 0. The fourth-order valence-corrected chi connectivity index (χ4v) is 3.36. The Hall–Kier alpha value is -2.18. The van der Waals surface area contributed by atoms with Crippen molar-refractivity contribution in [2.75, 3.05) is 6.54 Å². The molecule has 0 radical (unpaired) electrons. The monoisotopic (exact) mass is 304 g/mol. The lowest BCUT2D eigenvalue weighted by Crippen LogP contribution is -2.47. The van der Waals surface area contributed by atoms with Gasteiger partial charge in [0.2, 0.25) is 11.8 Å². The highest BCUT2D eigenvalue weighted by atomic mass is 16.2. The average molecular weight is 304 g/mol. The molecule has 2 N–H and O–H groups in total. The van der Waals surface area contributed by atoms with Crippen LogP contribution in [-0.4, -0.2) is 39.1 Å². The number of nitrogens with zero attached hydrogens (tertiary/aromatic N) is 3. The molecule has 2 unspecified atom stereocenters. The number of primary amides is 1. The molecule has 1 fully saturated rings. The van der Waals surface area contributed by atoms with Gasteiger partial charge in [-0.05, 0) is 44.6 Å². The molecule has 1 aliphatic carbocycles. The number of fused-ring (bicyclic) bond motifs is 1. The van der Waals surface area contributed by atoms with E-state index in [1.165, 1.54) is 9.58 Å². The van der Waals surface area contributed by atoms with Gasteiger partial charge in [0.05, 0.1) is 5.69 Å². The fraction of sp³-hybridized carbons (Fsp3) is 0.600. The van der Waals surface area contributed by atoms with Crippen LogP contribution in [0.15, 0.2) is 10.9 Å². The molecule has 7 nitrogen and oxygen atoms in total. The molecule has 0 saturated carbocycles. The second-order valence-corrected chi connectivity index (χ2v) is 6.02. The van der Waals surface area contributed by atoms with E-state index in [0.29, 0.717) is 13.0 Å². The van der Waals surface area contributed by atoms with Gasteiger partial charge < -0.3 is 10.6 Å². The number of aromatic nitrogens is 2. The third kappa shape index (κ3) is 2.40. The fourth-order valence-electron chi connectivity index (χ4n) is 3.36. The Morgan fingerprint density at radius 3 is 2.86 bits per heavy atom. The normalized spacial score (nSPS) is 21.7. The average Bonchev–Trinajstić information content (AvgIpc) is 3.13. The summed E-state index contributed by atoms with van der Waals surface area (Å²) < 4.78 is 1.24. The first-order chi connectivity index (χ1) is 10.5. The van der Waals surface area contributed by atoms with Crippen LogP contribution in [0.3, 0.4) is 0 Å². The largest absolute Gasteiger partial charge is 0.368 e. The predicted octanol–water partition coefficient (Wildman–Crippen LogP) is -0.231. The van der Waals surface area contributed by atoms with E-state index in [2.05, 4.69) is 5.10 Å². The third-order valence-electron chi connectivity index (χ3n) is 4.57. The first-order valence-corrected chi connectivity index (χ1v) is 7.70. The van der Waals surface area contributed by atoms with Crippen molar-refractivity contribution in [2.24, 2.45) is 5.73 Å². The molecule has 0 aromatic carbocycles. The van der Waals surface area contributed by atoms with Gasteiger partial charge in [0.1, 0.15) is 12.1 Å². The smallest absolute Gasteiger partial charge is 0.267 e. The van der Waals surface area contributed by atoms with Gasteiger partial charge in [-0.3, -0.25) is 14.4 Å². The van der Waals surface area contributed by atoms with Gasteiger partial charge in [-0.15, -0.1) is 0 Å². The summed E-state index contributed by atoms with van der Waals surface area (Å²) in [7, 11) is 0. The number of rotatable bonds is 3. The Kier molecular flexibility index (Phi) is 3.72. The lowest BCUT2D eigenvalue weighted by Gasteiger charge is -2.26. The standard InChI is InChI=1S/C15H20N4O3/c1-9(15(22)18-7-3-6-12(18)14(16)21)19-13(20)8-10-4-2-5-11(10)17-19/h8-9,12H,2-7H2,1H3,(H2,16,21). The van der Waals surface area contributed by atoms with Gasteiger partial charge in [-0.1, -0.05) is 0 Å². The van der Waals surface area contributed by atoms with E-state index in [4.69, 9.17) is 5.73 Å². The number of nitrogens with two attached hydrogens (primary N) is 1. The minimum Gasteiger partial charge on any atom is -0.368 e. The van der Waals surface area contributed by atoms with Crippen molar-refractivity contribution in [1.29, 1.82) is 0 Å². The maximum Gasteiger partial charge on any atom is 0.267 e. The van der Waals surface area contributed by atoms with Crippen molar-refractivity contribution in [3.8, 4) is 0 Å². The van der Waals surface area contributed by atoms with Gasteiger partial charge in [0.25, 0.3) is 5.56 Å². The van der Waals surface area contributed by atoms with Crippen LogP contribution in [0.2, 0.25) is 0 Å². The van der Waals surface area contributed by atoms with Crippen LogP contribution in [-0.2, 0) is 22.4 Å². The Balaban J connectivity index is 1.88. The number of amides is 2. The Morgan fingerprint density at radius 2 is 2.14 bits per heavy atom. The van der Waals surface area contributed by atoms with E-state index >= 15 is 0 Å². The minimum atomic E-state index is -0.724. The van der Waals surface area contributed by atoms with Gasteiger partial charge >= 0.3 is 0 Å². The molecule has 2 atom stereocenters. The predicted molar refractivity (Wildman–Crippen MR) is 79.2 cm³/mol. The summed E-state index contributed by atoms with van der Waals surface area (Å²) in [5, 5.41) is 4.36. The minimum absolute atomic E-state index is 0.267. The quantitative estimate of drug-likeness (QED) is 0.834. The summed E-state index contributed by atoms with van der Waals surface area (Å²) in [6.45, 7) is 2.14. The molecule has 22 heavy (non-hydrogen) atoms. The molecule has 7 heteroatoms. The van der Waals surface area contributed by atoms with Crippen LogP contribution in [0.5, 0.6) is 0 Å². The number of carbonyl (C=O) groups excluding carboxylic acids is 2. The van der Waals surface area contributed by atoms with E-state index in [1.54, 1.807) is 13.0 Å². The number of hydrogen-bond acceptors (Lipinski definition) is 4. The van der Waals surface area contributed by atoms with Crippen LogP contribution in [0, 0.1) is 0 Å². The summed E-state index contributed by atoms with van der Waals surface area (Å²) in [5.41, 5.74) is 6.96. The summed E-state index contributed by atoms with van der Waals surface area (Å²) in [5.74, 6) is -0.763. The molecule has 3 rings (SSSR count). The van der Waals surface area contributed by atoms with E-state index in [1.807, 2.05) is 0 Å². The van der Waals surface area contributed by atoms with Crippen molar-refractivity contribution in [3.05, 3.63) is 27.7 Å². The van der Waals surface area contributed by atoms with Gasteiger partial charge in [0, 0.05) is 12.6 Å². The van der Waals surface area contributed by atoms with Gasteiger partial charge in [-0.25, -0.2) is 4.68 Å². The van der Waals surface area contributed by atoms with Gasteiger partial charge in [-0.2, -0.15) is 5.10 Å². The van der Waals surface area contributed by atoms with Crippen LogP contribution in [0.1, 0.15) is 43.5 Å². The van der Waals surface area contributed by atoms with E-state index in [9.17, 15) is 14.4 Å². The van der Waals surface area contributed by atoms with Crippen molar-refractivity contribution in [3.63, 3.8) is 0 Å². The highest BCUT2D eigenvalue weighted by Crippen LogP contribution is 2.22. The second kappa shape index (κ2) is 5.55. The summed E-state index contributed by atoms with van der Waals surface area (Å²) in [6.07, 6.45) is 4.03. The molecule has 118 valence electrons. The molecule has 0 spiro atoms. The molecule has 1 aliphatic heterocycles. The summed E-state index contributed by atoms with van der Waals surface area (Å²) in [6, 6.07) is 0.285. The Labute approximate surface area is 128 Å². The first kappa shape index (κ1) is 14.7. The zero-order chi connectivity index (χ0) is 15.9. The van der Waals surface area contributed by atoms with Crippen LogP contribution in [0.25, 0.3) is 0 Å². The molecular weight excluding hydrogens is 284 g/mol. The third-order valence-corrected chi connectivity index (χ3v) is 4.57. The van der Waals surface area contributed by atoms with Crippen molar-refractivity contribution >= 4 is 11.8 Å². The SMILES string of the molecule is CC(C(=O)N1CCCC1C(N)=O)n1nc2c(cc1=O)CCC2. The zero-order valence-electron chi connectivity index (χ0n) is 12.6. The number of hydrogen-bond donors (Lipinski definition) is 1. The van der Waals surface area contributed by atoms with Crippen LogP contribution in [0.4, 0.5) is 0 Å². The summed E-state index contributed by atoms with van der Waals surface area (Å²) in [4.78, 5) is 37.7. The maximum absolute atomic E-state index is 12.6. The molecular formula is C15H20N4O3. The molecule has 2 amide bonds. The molecule has 2 heterocycles. The highest BCUT2D eigenvalue weighted by molar-refractivity contribution is 5.88. The van der Waals surface area contributed by atoms with Crippen LogP contribution >= 0.6 is 0 Å². The van der Waals surface area contributed by atoms with Crippen molar-refractivity contribution in [2.45, 2.75) is 51.1 Å². The number of carbonyl (C=O) groups is 2. The van der Waals surface area contributed by atoms with E-state index in [-0.39, 0.29) is 11.5 Å². The van der Waals surface area contributed by atoms with Gasteiger partial charge in [0.15, 0.2) is 0 Å². The highest BCUT2D eigenvalue weighted by Gasteiger charge is 2.36. The van der Waals surface area contributed by atoms with Crippen molar-refractivity contribution in [1.82, 2.24) is 14.7 Å². The molecule has 1 aromatic rings. The van der Waals surface area contributed by atoms with E-state index < -0.39 is 18.0 Å². The maximum atomic E-state index is 12.6. The Morgan fingerprint density at radius 1 is 1.36 bits per heavy atom. The number of likely N-dealkylation sites (tertiary alicyclic amines) is 1. The lowest BCUT2D eigenvalue weighted by molar-refractivity contribution is -0.140. The van der Waals surface area contributed by atoms with Crippen molar-refractivity contribution < 1.29 is 9.59 Å². The van der Waals surface area contributed by atoms with Crippen LogP contribution < -0.4 is 11.3 Å². The topological polar surface area (TPSA) is 98.3 Å². The number of aryl methyl sites for hydroxylation is 2. The molecule has 1 aromatic heterocycles. The second-order valence-electron chi connectivity index (χ2n) is 6.02. The first-order valence-electron chi connectivity index (χ1n) is 7.70. The zero-order valence-corrected chi connectivity index (χ0v) is 12.6. The molecule has 1 saturated heterocycles.